The number of amides is 1. The van der Waals surface area contributed by atoms with Crippen LogP contribution in [0.4, 0.5) is 0 Å². The fourth-order valence-electron chi connectivity index (χ4n) is 3.93. The second-order valence-electron chi connectivity index (χ2n) is 7.80. The summed E-state index contributed by atoms with van der Waals surface area (Å²) in [5.74, 6) is -0.284. The fraction of sp³-hybridized carbons (Fsp3) is 0.500. The van der Waals surface area contributed by atoms with E-state index in [1.54, 1.807) is 7.11 Å². The Bertz CT molecular complexity index is 852. The minimum Gasteiger partial charge on any atom is -0.496 e. The predicted molar refractivity (Wildman–Crippen MR) is 113 cm³/mol. The highest BCUT2D eigenvalue weighted by Gasteiger charge is 2.64. The number of carbonyl (C=O) groups excluding carboxylic acids is 2. The van der Waals surface area contributed by atoms with Gasteiger partial charge in [0.05, 0.1) is 32.7 Å². The van der Waals surface area contributed by atoms with Crippen molar-refractivity contribution in [3.05, 3.63) is 26.6 Å². The van der Waals surface area contributed by atoms with Crippen LogP contribution in [-0.2, 0) is 14.3 Å². The molecule has 146 valence electrons. The number of hydrogen-bond donors (Lipinski definition) is 0. The van der Waals surface area contributed by atoms with E-state index in [0.717, 1.165) is 19.8 Å². The van der Waals surface area contributed by atoms with Gasteiger partial charge >= 0.3 is 5.97 Å². The molecular formula is C18H22Br2N2O4Si. The minimum absolute atomic E-state index is 0.140. The molecular weight excluding hydrogens is 496 g/mol. The summed E-state index contributed by atoms with van der Waals surface area (Å²) >= 11 is 7.14. The van der Waals surface area contributed by atoms with Gasteiger partial charge in [-0.3, -0.25) is 4.79 Å². The third-order valence-corrected chi connectivity index (χ3v) is 8.41. The van der Waals surface area contributed by atoms with Crippen LogP contribution in [0, 0.1) is 0 Å². The van der Waals surface area contributed by atoms with Crippen LogP contribution in [0.2, 0.25) is 19.6 Å². The van der Waals surface area contributed by atoms with E-state index in [1.165, 1.54) is 12.1 Å². The average molecular weight is 518 g/mol. The van der Waals surface area contributed by atoms with Gasteiger partial charge in [0.15, 0.2) is 5.54 Å². The summed E-state index contributed by atoms with van der Waals surface area (Å²) in [6.07, 6.45) is 0.658. The van der Waals surface area contributed by atoms with Gasteiger partial charge in [0, 0.05) is 16.2 Å². The maximum atomic E-state index is 13.0. The molecule has 6 nitrogen and oxygen atoms in total. The first-order valence-corrected chi connectivity index (χ1v) is 13.7. The molecule has 0 aromatic heterocycles. The Morgan fingerprint density at radius 2 is 1.93 bits per heavy atom. The molecule has 1 aromatic carbocycles. The average Bonchev–Trinajstić information content (AvgIpc) is 3.10. The van der Waals surface area contributed by atoms with Crippen LogP contribution >= 0.6 is 31.9 Å². The topological polar surface area (TPSA) is 68.2 Å². The number of halogens is 2. The molecule has 0 spiro atoms. The molecule has 1 aromatic rings. The van der Waals surface area contributed by atoms with E-state index in [4.69, 9.17) is 14.6 Å². The predicted octanol–water partition coefficient (Wildman–Crippen LogP) is 4.09. The summed E-state index contributed by atoms with van der Waals surface area (Å²) in [7, 11) is 0.998. The van der Waals surface area contributed by atoms with Crippen molar-refractivity contribution in [2.75, 3.05) is 14.2 Å². The lowest BCUT2D eigenvalue weighted by Crippen LogP contribution is -2.53. The molecule has 0 N–H and O–H groups in total. The van der Waals surface area contributed by atoms with E-state index >= 15 is 0 Å². The number of hydrogen-bond acceptors (Lipinski definition) is 5. The molecule has 1 fully saturated rings. The number of rotatable bonds is 4. The standard InChI is InChI=1S/C18H22Br2N2O4Si/c1-25-13-8-10(11(19)9-12(13)20)15-16(27(3,4)5)21-22-14(23)6-7-18(15,22)17(24)26-2/h8-9,15H,6-7H2,1-5H3/t15-,18-/m0/s1. The van der Waals surface area contributed by atoms with Gasteiger partial charge in [0.1, 0.15) is 5.75 Å². The largest absolute Gasteiger partial charge is 0.496 e. The maximum Gasteiger partial charge on any atom is 0.335 e. The Hall–Kier alpha value is -1.19. The number of nitrogens with zero attached hydrogens (tertiary/aromatic N) is 2. The zero-order valence-corrected chi connectivity index (χ0v) is 20.1. The molecule has 1 saturated heterocycles. The van der Waals surface area contributed by atoms with Crippen molar-refractivity contribution in [2.24, 2.45) is 5.10 Å². The molecule has 2 aliphatic heterocycles. The Morgan fingerprint density at radius 1 is 1.26 bits per heavy atom. The molecule has 2 heterocycles. The highest BCUT2D eigenvalue weighted by Crippen LogP contribution is 2.52. The minimum atomic E-state index is -1.96. The molecule has 9 heteroatoms. The molecule has 0 radical (unpaired) electrons. The van der Waals surface area contributed by atoms with Gasteiger partial charge in [-0.1, -0.05) is 35.6 Å². The molecule has 2 aliphatic rings. The highest BCUT2D eigenvalue weighted by atomic mass is 79.9. The van der Waals surface area contributed by atoms with Crippen LogP contribution < -0.4 is 4.74 Å². The second kappa shape index (κ2) is 7.00. The highest BCUT2D eigenvalue weighted by molar-refractivity contribution is 9.11. The zero-order valence-electron chi connectivity index (χ0n) is 15.9. The van der Waals surface area contributed by atoms with Crippen LogP contribution in [0.1, 0.15) is 24.3 Å². The lowest BCUT2D eigenvalue weighted by atomic mass is 9.79. The molecule has 0 aliphatic carbocycles. The summed E-state index contributed by atoms with van der Waals surface area (Å²) in [6.45, 7) is 6.50. The van der Waals surface area contributed by atoms with Crippen molar-refractivity contribution in [3.8, 4) is 5.75 Å². The van der Waals surface area contributed by atoms with Crippen molar-refractivity contribution >= 4 is 57.1 Å². The van der Waals surface area contributed by atoms with Crippen molar-refractivity contribution in [3.63, 3.8) is 0 Å². The van der Waals surface area contributed by atoms with Gasteiger partial charge < -0.3 is 9.47 Å². The lowest BCUT2D eigenvalue weighted by molar-refractivity contribution is -0.156. The summed E-state index contributed by atoms with van der Waals surface area (Å²) in [4.78, 5) is 25.6. The molecule has 0 saturated carbocycles. The maximum absolute atomic E-state index is 13.0. The van der Waals surface area contributed by atoms with Gasteiger partial charge in [-0.15, -0.1) is 0 Å². The number of ether oxygens (including phenoxy) is 2. The van der Waals surface area contributed by atoms with E-state index < -0.39 is 19.6 Å². The first-order chi connectivity index (χ1) is 12.6. The number of methoxy groups -OCH3 is 2. The second-order valence-corrected chi connectivity index (χ2v) is 14.5. The fourth-order valence-corrected chi connectivity index (χ4v) is 6.97. The smallest absolute Gasteiger partial charge is 0.335 e. The first-order valence-electron chi connectivity index (χ1n) is 8.61. The molecule has 2 atom stereocenters. The van der Waals surface area contributed by atoms with Crippen molar-refractivity contribution in [1.82, 2.24) is 5.01 Å². The van der Waals surface area contributed by atoms with Crippen molar-refractivity contribution in [1.29, 1.82) is 0 Å². The molecule has 1 amide bonds. The third kappa shape index (κ3) is 3.07. The van der Waals surface area contributed by atoms with Crippen molar-refractivity contribution in [2.45, 2.75) is 43.9 Å². The molecule has 0 bridgehead atoms. The summed E-state index contributed by atoms with van der Waals surface area (Å²) < 4.78 is 12.3. The zero-order chi connectivity index (χ0) is 20.1. The van der Waals surface area contributed by atoms with Crippen LogP contribution in [0.15, 0.2) is 26.2 Å². The summed E-state index contributed by atoms with van der Waals surface area (Å²) in [6, 6.07) is 3.81. The van der Waals surface area contributed by atoms with Gasteiger partial charge in [-0.05, 0) is 40.0 Å². The van der Waals surface area contributed by atoms with E-state index in [9.17, 15) is 9.59 Å². The monoisotopic (exact) mass is 516 g/mol. The Morgan fingerprint density at radius 3 is 2.48 bits per heavy atom. The number of carbonyl (C=O) groups is 2. The van der Waals surface area contributed by atoms with Crippen LogP contribution in [-0.4, -0.2) is 50.1 Å². The Kier molecular flexibility index (Phi) is 5.33. The van der Waals surface area contributed by atoms with Crippen LogP contribution in [0.3, 0.4) is 0 Å². The first kappa shape index (κ1) is 20.5. The lowest BCUT2D eigenvalue weighted by Gasteiger charge is -2.35. The normalized spacial score (nSPS) is 24.7. The van der Waals surface area contributed by atoms with Gasteiger partial charge in [0.2, 0.25) is 5.91 Å². The molecule has 3 rings (SSSR count). The Balaban J connectivity index is 2.30. The number of hydrazone groups is 1. The molecule has 27 heavy (non-hydrogen) atoms. The SMILES string of the molecule is COC(=O)[C@@]12CCC(=O)N1N=C([Si](C)(C)C)[C@@H]2c1cc(OC)c(Br)cc1Br. The van der Waals surface area contributed by atoms with E-state index in [2.05, 4.69) is 51.5 Å². The van der Waals surface area contributed by atoms with Crippen LogP contribution in [0.25, 0.3) is 0 Å². The van der Waals surface area contributed by atoms with Gasteiger partial charge in [-0.25, -0.2) is 9.80 Å². The van der Waals surface area contributed by atoms with E-state index in [0.29, 0.717) is 12.2 Å². The van der Waals surface area contributed by atoms with Crippen molar-refractivity contribution < 1.29 is 19.1 Å². The Labute approximate surface area is 176 Å². The van der Waals surface area contributed by atoms with Crippen LogP contribution in [0.5, 0.6) is 5.75 Å². The number of benzene rings is 1. The quantitative estimate of drug-likeness (QED) is 0.445. The third-order valence-electron chi connectivity index (χ3n) is 5.18. The van der Waals surface area contributed by atoms with E-state index in [-0.39, 0.29) is 18.2 Å². The number of fused-ring (bicyclic) bond motifs is 1. The molecule has 0 unspecified atom stereocenters. The van der Waals surface area contributed by atoms with Gasteiger partial charge in [-0.2, -0.15) is 5.10 Å². The van der Waals surface area contributed by atoms with E-state index in [1.807, 2.05) is 12.1 Å². The van der Waals surface area contributed by atoms with Gasteiger partial charge in [0.25, 0.3) is 0 Å². The summed E-state index contributed by atoms with van der Waals surface area (Å²) in [5.41, 5.74) is -0.262. The summed E-state index contributed by atoms with van der Waals surface area (Å²) in [5, 5.41) is 7.00. The number of esters is 1.